The van der Waals surface area contributed by atoms with E-state index in [9.17, 15) is 17.2 Å². The van der Waals surface area contributed by atoms with Crippen LogP contribution in [0.25, 0.3) is 0 Å². The van der Waals surface area contributed by atoms with E-state index in [1.54, 1.807) is 0 Å². The first-order chi connectivity index (χ1) is 17.3. The zero-order chi connectivity index (χ0) is 25.3. The minimum Gasteiger partial charge on any atom is -0.330 e. The topological polar surface area (TPSA) is 70.5 Å². The van der Waals surface area contributed by atoms with E-state index in [0.29, 0.717) is 37.5 Å². The molecule has 2 aromatic rings. The number of rotatable bonds is 7. The predicted molar refractivity (Wildman–Crippen MR) is 135 cm³/mol. The van der Waals surface area contributed by atoms with Gasteiger partial charge in [-0.2, -0.15) is 0 Å². The minimum absolute atomic E-state index is 0.00127. The van der Waals surface area contributed by atoms with Crippen molar-refractivity contribution in [1.29, 1.82) is 0 Å². The molecule has 0 saturated carbocycles. The van der Waals surface area contributed by atoms with Crippen LogP contribution in [0.2, 0.25) is 0 Å². The van der Waals surface area contributed by atoms with Gasteiger partial charge in [-0.15, -0.1) is 0 Å². The second-order valence-corrected chi connectivity index (χ2v) is 12.6. The maximum absolute atomic E-state index is 14.1. The largest absolute Gasteiger partial charge is 0.330 e. The molecule has 2 saturated heterocycles. The van der Waals surface area contributed by atoms with Crippen molar-refractivity contribution in [2.24, 2.45) is 5.92 Å². The van der Waals surface area contributed by atoms with E-state index in [1.165, 1.54) is 34.1 Å². The van der Waals surface area contributed by atoms with Gasteiger partial charge in [0.1, 0.15) is 11.6 Å². The highest BCUT2D eigenvalue weighted by Crippen LogP contribution is 2.37. The third-order valence-electron chi connectivity index (χ3n) is 8.37. The van der Waals surface area contributed by atoms with E-state index in [1.807, 2.05) is 6.33 Å². The summed E-state index contributed by atoms with van der Waals surface area (Å²) < 4.78 is 56.0. The highest BCUT2D eigenvalue weighted by Gasteiger charge is 2.32. The average Bonchev–Trinajstić information content (AvgIpc) is 3.28. The molecule has 1 aromatic heterocycles. The van der Waals surface area contributed by atoms with Crippen molar-refractivity contribution >= 4 is 10.0 Å². The number of sulfonamides is 1. The SMILES string of the molecule is CS(=O)(=O)N1CCC([C@@H](CCN2CCC(n3cnc4c3CNCC4)CC2)c2cc(F)cc(F)c2)CC1. The summed E-state index contributed by atoms with van der Waals surface area (Å²) >= 11 is 0. The summed E-state index contributed by atoms with van der Waals surface area (Å²) in [6.45, 7) is 5.65. The van der Waals surface area contributed by atoms with Gasteiger partial charge >= 0.3 is 0 Å². The molecule has 198 valence electrons. The van der Waals surface area contributed by atoms with E-state index < -0.39 is 21.7 Å². The van der Waals surface area contributed by atoms with Gasteiger partial charge < -0.3 is 14.8 Å². The van der Waals surface area contributed by atoms with E-state index in [0.717, 1.165) is 64.5 Å². The van der Waals surface area contributed by atoms with Crippen molar-refractivity contribution in [3.63, 3.8) is 0 Å². The molecule has 3 aliphatic rings. The first kappa shape index (κ1) is 25.8. The molecule has 0 radical (unpaired) electrons. The highest BCUT2D eigenvalue weighted by molar-refractivity contribution is 7.88. The fourth-order valence-electron chi connectivity index (χ4n) is 6.37. The van der Waals surface area contributed by atoms with Crippen LogP contribution in [-0.4, -0.2) is 72.7 Å². The molecule has 0 unspecified atom stereocenters. The van der Waals surface area contributed by atoms with Gasteiger partial charge in [0.05, 0.1) is 24.0 Å². The van der Waals surface area contributed by atoms with Gasteiger partial charge in [-0.1, -0.05) is 0 Å². The van der Waals surface area contributed by atoms with Gasteiger partial charge in [-0.3, -0.25) is 0 Å². The standard InChI is InChI=1S/C26H37F2N5O2S/c1-36(34,35)32-12-3-19(4-13-32)24(20-14-21(27)16-22(28)15-20)7-11-31-9-5-23(6-10-31)33-18-30-25-2-8-29-17-26(25)33/h14-16,18-19,23-24,29H,2-13,17H2,1H3/t24-/m1/s1. The van der Waals surface area contributed by atoms with Crippen molar-refractivity contribution in [1.82, 2.24) is 24.1 Å². The smallest absolute Gasteiger partial charge is 0.211 e. The monoisotopic (exact) mass is 521 g/mol. The first-order valence-corrected chi connectivity index (χ1v) is 15.0. The molecule has 7 nitrogen and oxygen atoms in total. The number of imidazole rings is 1. The van der Waals surface area contributed by atoms with Gasteiger partial charge in [0.15, 0.2) is 0 Å². The van der Waals surface area contributed by atoms with Crippen LogP contribution in [0.3, 0.4) is 0 Å². The first-order valence-electron chi connectivity index (χ1n) is 13.2. The van der Waals surface area contributed by atoms with Crippen LogP contribution in [0.1, 0.15) is 61.0 Å². The molecule has 5 rings (SSSR count). The molecule has 10 heteroatoms. The van der Waals surface area contributed by atoms with Crippen LogP contribution >= 0.6 is 0 Å². The van der Waals surface area contributed by atoms with Crippen LogP contribution in [0.15, 0.2) is 24.5 Å². The highest BCUT2D eigenvalue weighted by atomic mass is 32.2. The number of fused-ring (bicyclic) bond motifs is 1. The Morgan fingerprint density at radius 1 is 1.06 bits per heavy atom. The molecule has 0 bridgehead atoms. The van der Waals surface area contributed by atoms with Crippen molar-refractivity contribution in [2.45, 2.75) is 57.0 Å². The van der Waals surface area contributed by atoms with E-state index >= 15 is 0 Å². The van der Waals surface area contributed by atoms with Gasteiger partial charge in [0.25, 0.3) is 0 Å². The molecule has 0 amide bonds. The molecule has 3 aliphatic heterocycles. The molecule has 36 heavy (non-hydrogen) atoms. The van der Waals surface area contributed by atoms with Crippen molar-refractivity contribution in [3.05, 3.63) is 53.1 Å². The molecule has 4 heterocycles. The maximum atomic E-state index is 14.1. The Morgan fingerprint density at radius 2 is 1.75 bits per heavy atom. The quantitative estimate of drug-likeness (QED) is 0.606. The lowest BCUT2D eigenvalue weighted by molar-refractivity contribution is 0.166. The van der Waals surface area contributed by atoms with Gasteiger partial charge in [-0.05, 0) is 68.2 Å². The molecule has 0 spiro atoms. The fourth-order valence-corrected chi connectivity index (χ4v) is 7.25. The lowest BCUT2D eigenvalue weighted by Crippen LogP contribution is -2.40. The van der Waals surface area contributed by atoms with Crippen LogP contribution in [0.5, 0.6) is 0 Å². The van der Waals surface area contributed by atoms with Gasteiger partial charge in [0.2, 0.25) is 10.0 Å². The Kier molecular flexibility index (Phi) is 7.76. The minimum atomic E-state index is -3.22. The summed E-state index contributed by atoms with van der Waals surface area (Å²) in [6.07, 6.45) is 8.59. The van der Waals surface area contributed by atoms with E-state index in [4.69, 9.17) is 0 Å². The van der Waals surface area contributed by atoms with Crippen molar-refractivity contribution in [3.8, 4) is 0 Å². The molecule has 0 aliphatic carbocycles. The maximum Gasteiger partial charge on any atom is 0.211 e. The number of nitrogens with zero attached hydrogens (tertiary/aromatic N) is 4. The van der Waals surface area contributed by atoms with Gasteiger partial charge in [-0.25, -0.2) is 26.5 Å². The molecular weight excluding hydrogens is 484 g/mol. The van der Waals surface area contributed by atoms with Crippen LogP contribution < -0.4 is 5.32 Å². The normalized spacial score (nSPS) is 22.0. The van der Waals surface area contributed by atoms with E-state index in [-0.39, 0.29) is 11.8 Å². The number of aromatic nitrogens is 2. The Labute approximate surface area is 212 Å². The van der Waals surface area contributed by atoms with Crippen LogP contribution in [0, 0.1) is 17.6 Å². The fraction of sp³-hybridized carbons (Fsp3) is 0.654. The Bertz CT molecular complexity index is 1130. The number of hydrogen-bond acceptors (Lipinski definition) is 5. The van der Waals surface area contributed by atoms with Crippen LogP contribution in [0.4, 0.5) is 8.78 Å². The van der Waals surface area contributed by atoms with Crippen LogP contribution in [-0.2, 0) is 23.0 Å². The lowest BCUT2D eigenvalue weighted by atomic mass is 9.78. The number of hydrogen-bond donors (Lipinski definition) is 1. The zero-order valence-electron chi connectivity index (χ0n) is 21.0. The van der Waals surface area contributed by atoms with Crippen molar-refractivity contribution < 1.29 is 17.2 Å². The number of likely N-dealkylation sites (tertiary alicyclic amines) is 1. The summed E-state index contributed by atoms with van der Waals surface area (Å²) in [7, 11) is -3.22. The second kappa shape index (κ2) is 10.8. The average molecular weight is 522 g/mol. The summed E-state index contributed by atoms with van der Waals surface area (Å²) in [6, 6.07) is 4.30. The molecule has 1 N–H and O–H groups in total. The number of halogens is 2. The summed E-state index contributed by atoms with van der Waals surface area (Å²) in [5.74, 6) is -0.904. The molecular formula is C26H37F2N5O2S. The molecule has 1 atom stereocenters. The number of nitrogens with one attached hydrogen (secondary N) is 1. The number of piperidine rings is 2. The van der Waals surface area contributed by atoms with E-state index in [2.05, 4.69) is 19.8 Å². The predicted octanol–water partition coefficient (Wildman–Crippen LogP) is 3.29. The summed E-state index contributed by atoms with van der Waals surface area (Å²) in [5.41, 5.74) is 3.24. The lowest BCUT2D eigenvalue weighted by Gasteiger charge is -2.38. The molecule has 2 fully saturated rings. The Balaban J connectivity index is 1.22. The van der Waals surface area contributed by atoms with Crippen molar-refractivity contribution in [2.75, 3.05) is 45.5 Å². The summed E-state index contributed by atoms with van der Waals surface area (Å²) in [5, 5.41) is 3.45. The Morgan fingerprint density at radius 3 is 2.42 bits per heavy atom. The Hall–Kier alpha value is -1.88. The second-order valence-electron chi connectivity index (χ2n) is 10.6. The third kappa shape index (κ3) is 5.82. The van der Waals surface area contributed by atoms with Gasteiger partial charge in [0, 0.05) is 57.8 Å². The summed E-state index contributed by atoms with van der Waals surface area (Å²) in [4.78, 5) is 7.10. The zero-order valence-corrected chi connectivity index (χ0v) is 21.8. The molecule has 1 aromatic carbocycles. The number of benzene rings is 1. The third-order valence-corrected chi connectivity index (χ3v) is 9.67.